The Balaban J connectivity index is 1.77. The number of rotatable bonds is 2. The predicted molar refractivity (Wildman–Crippen MR) is 79.0 cm³/mol. The Kier molecular flexibility index (Phi) is 3.63. The molecule has 6 heteroatoms. The molecule has 2 heterocycles. The van der Waals surface area contributed by atoms with Crippen molar-refractivity contribution in [2.75, 3.05) is 20.6 Å². The maximum absolute atomic E-state index is 12.6. The van der Waals surface area contributed by atoms with E-state index < -0.39 is 0 Å². The zero-order valence-electron chi connectivity index (χ0n) is 12.6. The summed E-state index contributed by atoms with van der Waals surface area (Å²) < 4.78 is 4.67. The van der Waals surface area contributed by atoms with E-state index in [2.05, 4.69) is 33.8 Å². The fraction of sp³-hybridized carbons (Fsp3) is 0.533. The van der Waals surface area contributed by atoms with Gasteiger partial charge in [-0.25, -0.2) is 4.63 Å². The molecule has 0 N–H and O–H groups in total. The summed E-state index contributed by atoms with van der Waals surface area (Å²) in [5.41, 5.74) is 1.92. The number of hydrogen-bond acceptors (Lipinski definition) is 5. The molecule has 2 aromatic rings. The van der Waals surface area contributed by atoms with Crippen molar-refractivity contribution >= 4 is 16.9 Å². The molecule has 2 atom stereocenters. The number of carbonyl (C=O) groups is 1. The second-order valence-electron chi connectivity index (χ2n) is 5.89. The number of likely N-dealkylation sites (tertiary alicyclic amines) is 1. The maximum Gasteiger partial charge on any atom is 0.253 e. The summed E-state index contributed by atoms with van der Waals surface area (Å²) in [5.74, 6) is 0.0293. The van der Waals surface area contributed by atoms with Crippen LogP contribution in [-0.4, -0.2) is 58.7 Å². The van der Waals surface area contributed by atoms with E-state index in [0.29, 0.717) is 22.6 Å². The van der Waals surface area contributed by atoms with E-state index in [0.717, 1.165) is 19.4 Å². The smallest absolute Gasteiger partial charge is 0.253 e. The van der Waals surface area contributed by atoms with Gasteiger partial charge in [-0.3, -0.25) is 4.79 Å². The molecule has 1 saturated heterocycles. The van der Waals surface area contributed by atoms with E-state index >= 15 is 0 Å². The van der Waals surface area contributed by atoms with E-state index in [1.54, 1.807) is 18.2 Å². The monoisotopic (exact) mass is 288 g/mol. The van der Waals surface area contributed by atoms with Crippen molar-refractivity contribution in [1.29, 1.82) is 0 Å². The van der Waals surface area contributed by atoms with Crippen LogP contribution >= 0.6 is 0 Å². The molecule has 1 amide bonds. The minimum absolute atomic E-state index is 0.0293. The van der Waals surface area contributed by atoms with Crippen molar-refractivity contribution in [3.63, 3.8) is 0 Å². The highest BCUT2D eigenvalue weighted by atomic mass is 16.6. The molecule has 1 aliphatic rings. The van der Waals surface area contributed by atoms with Gasteiger partial charge in [0.2, 0.25) is 0 Å². The molecule has 1 aromatic heterocycles. The molecule has 112 valence electrons. The van der Waals surface area contributed by atoms with Gasteiger partial charge in [0.1, 0.15) is 11.0 Å². The lowest BCUT2D eigenvalue weighted by Crippen LogP contribution is -2.48. The lowest BCUT2D eigenvalue weighted by atomic mass is 9.97. The standard InChI is InChI=1S/C15H20N4O2/c1-10-8-12(6-7-18(10)2)19(3)15(20)11-4-5-13-14(9-11)17-21-16-13/h4-5,9-10,12H,6-8H2,1-3H3/t10-,12?/m0/s1. The Morgan fingerprint density at radius 1 is 1.38 bits per heavy atom. The lowest BCUT2D eigenvalue weighted by molar-refractivity contribution is 0.0599. The van der Waals surface area contributed by atoms with Gasteiger partial charge in [-0.05, 0) is 55.3 Å². The van der Waals surface area contributed by atoms with Crippen LogP contribution < -0.4 is 0 Å². The van der Waals surface area contributed by atoms with E-state index in [9.17, 15) is 4.79 Å². The van der Waals surface area contributed by atoms with Crippen LogP contribution in [0, 0.1) is 0 Å². The highest BCUT2D eigenvalue weighted by Crippen LogP contribution is 2.22. The van der Waals surface area contributed by atoms with Gasteiger partial charge < -0.3 is 9.80 Å². The third-order valence-corrected chi connectivity index (χ3v) is 4.55. The molecule has 1 unspecified atom stereocenters. The van der Waals surface area contributed by atoms with Gasteiger partial charge in [-0.1, -0.05) is 0 Å². The number of hydrogen-bond donors (Lipinski definition) is 0. The molecule has 0 radical (unpaired) electrons. The maximum atomic E-state index is 12.6. The van der Waals surface area contributed by atoms with Gasteiger partial charge in [0.25, 0.3) is 5.91 Å². The van der Waals surface area contributed by atoms with Gasteiger partial charge >= 0.3 is 0 Å². The van der Waals surface area contributed by atoms with Crippen molar-refractivity contribution in [2.24, 2.45) is 0 Å². The first-order valence-electron chi connectivity index (χ1n) is 7.26. The minimum Gasteiger partial charge on any atom is -0.339 e. The Morgan fingerprint density at radius 3 is 2.90 bits per heavy atom. The summed E-state index contributed by atoms with van der Waals surface area (Å²) in [6.07, 6.45) is 2.02. The number of benzene rings is 1. The van der Waals surface area contributed by atoms with Crippen LogP contribution in [-0.2, 0) is 0 Å². The summed E-state index contributed by atoms with van der Waals surface area (Å²) in [5, 5.41) is 7.55. The third-order valence-electron chi connectivity index (χ3n) is 4.55. The first kappa shape index (κ1) is 14.0. The average molecular weight is 288 g/mol. The molecule has 21 heavy (non-hydrogen) atoms. The van der Waals surface area contributed by atoms with Crippen LogP contribution in [0.3, 0.4) is 0 Å². The summed E-state index contributed by atoms with van der Waals surface area (Å²) >= 11 is 0. The summed E-state index contributed by atoms with van der Waals surface area (Å²) in [6, 6.07) is 6.08. The lowest BCUT2D eigenvalue weighted by Gasteiger charge is -2.39. The van der Waals surface area contributed by atoms with Gasteiger partial charge in [0.15, 0.2) is 0 Å². The van der Waals surface area contributed by atoms with Crippen molar-refractivity contribution in [1.82, 2.24) is 20.1 Å². The number of carbonyl (C=O) groups excluding carboxylic acids is 1. The van der Waals surface area contributed by atoms with Gasteiger partial charge in [0.05, 0.1) is 0 Å². The average Bonchev–Trinajstić information content (AvgIpc) is 2.96. The topological polar surface area (TPSA) is 62.5 Å². The molecule has 1 aliphatic heterocycles. The predicted octanol–water partition coefficient (Wildman–Crippen LogP) is 1.78. The van der Waals surface area contributed by atoms with Crippen molar-refractivity contribution in [2.45, 2.75) is 31.8 Å². The summed E-state index contributed by atoms with van der Waals surface area (Å²) in [6.45, 7) is 3.23. The third kappa shape index (κ3) is 2.63. The number of nitrogens with zero attached hydrogens (tertiary/aromatic N) is 4. The molecule has 0 spiro atoms. The zero-order valence-corrected chi connectivity index (χ0v) is 12.6. The number of aromatic nitrogens is 2. The Hall–Kier alpha value is -1.95. The van der Waals surface area contributed by atoms with Crippen LogP contribution in [0.2, 0.25) is 0 Å². The highest BCUT2D eigenvalue weighted by Gasteiger charge is 2.28. The van der Waals surface area contributed by atoms with E-state index in [1.807, 2.05) is 11.9 Å². The van der Waals surface area contributed by atoms with Crippen LogP contribution in [0.25, 0.3) is 11.0 Å². The normalized spacial score (nSPS) is 23.4. The molecule has 0 saturated carbocycles. The largest absolute Gasteiger partial charge is 0.339 e. The fourth-order valence-electron chi connectivity index (χ4n) is 2.90. The van der Waals surface area contributed by atoms with Crippen LogP contribution in [0.1, 0.15) is 30.1 Å². The van der Waals surface area contributed by atoms with Crippen LogP contribution in [0.15, 0.2) is 22.8 Å². The minimum atomic E-state index is 0.0293. The van der Waals surface area contributed by atoms with Crippen molar-refractivity contribution < 1.29 is 9.42 Å². The van der Waals surface area contributed by atoms with Gasteiger partial charge in [0, 0.05) is 31.2 Å². The summed E-state index contributed by atoms with van der Waals surface area (Å²) in [4.78, 5) is 16.8. The zero-order chi connectivity index (χ0) is 15.0. The fourth-order valence-corrected chi connectivity index (χ4v) is 2.90. The summed E-state index contributed by atoms with van der Waals surface area (Å²) in [7, 11) is 4.02. The van der Waals surface area contributed by atoms with Crippen molar-refractivity contribution in [3.05, 3.63) is 23.8 Å². The van der Waals surface area contributed by atoms with E-state index in [-0.39, 0.29) is 11.9 Å². The molecule has 1 fully saturated rings. The van der Waals surface area contributed by atoms with Crippen LogP contribution in [0.4, 0.5) is 0 Å². The van der Waals surface area contributed by atoms with Gasteiger partial charge in [-0.15, -0.1) is 0 Å². The second kappa shape index (κ2) is 5.44. The number of piperidine rings is 1. The highest BCUT2D eigenvalue weighted by molar-refractivity contribution is 5.97. The molecule has 1 aromatic carbocycles. The quantitative estimate of drug-likeness (QED) is 0.843. The molecular formula is C15H20N4O2. The molecule has 6 nitrogen and oxygen atoms in total. The van der Waals surface area contributed by atoms with E-state index in [1.165, 1.54) is 0 Å². The number of amides is 1. The van der Waals surface area contributed by atoms with E-state index in [4.69, 9.17) is 0 Å². The molecular weight excluding hydrogens is 268 g/mol. The Bertz CT molecular complexity index is 654. The van der Waals surface area contributed by atoms with Crippen LogP contribution in [0.5, 0.6) is 0 Å². The first-order chi connectivity index (χ1) is 10.1. The molecule has 0 aliphatic carbocycles. The molecule has 3 rings (SSSR count). The molecule has 0 bridgehead atoms. The van der Waals surface area contributed by atoms with Gasteiger partial charge in [-0.2, -0.15) is 0 Å². The first-order valence-corrected chi connectivity index (χ1v) is 7.26. The SMILES string of the molecule is C[C@H]1CC(N(C)C(=O)c2ccc3nonc3c2)CCN1C. The Labute approximate surface area is 123 Å². The Morgan fingerprint density at radius 2 is 2.14 bits per heavy atom. The van der Waals surface area contributed by atoms with Crippen molar-refractivity contribution in [3.8, 4) is 0 Å². The number of fused-ring (bicyclic) bond motifs is 1. The second-order valence-corrected chi connectivity index (χ2v) is 5.89.